The minimum Gasteiger partial charge on any atom is -0.112 e. The molecule has 2 fully saturated rings. The van der Waals surface area contributed by atoms with E-state index in [9.17, 15) is 0 Å². The Morgan fingerprint density at radius 3 is 1.81 bits per heavy atom. The molecule has 0 spiro atoms. The van der Waals surface area contributed by atoms with Crippen LogP contribution < -0.4 is 0 Å². The predicted molar refractivity (Wildman–Crippen MR) is 127 cm³/mol. The monoisotopic (exact) mass is 394 g/mol. The maximum absolute atomic E-state index is 2.33. The first kappa shape index (κ1) is 23.7. The van der Waals surface area contributed by atoms with Crippen molar-refractivity contribution in [3.05, 3.63) is 0 Å². The third kappa shape index (κ3) is 8.76. The van der Waals surface area contributed by atoms with Crippen LogP contribution in [0.3, 0.4) is 0 Å². The van der Waals surface area contributed by atoms with E-state index in [4.69, 9.17) is 0 Å². The molecular formula is C26H51P. The van der Waals surface area contributed by atoms with Gasteiger partial charge in [0.25, 0.3) is 0 Å². The molecule has 2 rings (SSSR count). The normalized spacial score (nSPS) is 27.1. The molecule has 4 unspecified atom stereocenters. The van der Waals surface area contributed by atoms with Crippen LogP contribution in [0.4, 0.5) is 0 Å². The van der Waals surface area contributed by atoms with Gasteiger partial charge in [-0.25, -0.2) is 0 Å². The molecule has 1 heteroatoms. The maximum atomic E-state index is 2.33. The van der Waals surface area contributed by atoms with Crippen molar-refractivity contribution in [2.24, 2.45) is 5.92 Å². The lowest BCUT2D eigenvalue weighted by molar-refractivity contribution is 0.276. The minimum absolute atomic E-state index is 0.812. The smallest absolute Gasteiger partial charge is 0.00910 e. The standard InChI is InChI=1S/C26H51P/c1-3-5-7-9-11-13-15-19-24(18-14-12-10-8-6-4-2)26-22-17-16-20-25(27-26)21-23-26/h24-25,27H,3-23H2,1-2H3. The molecule has 27 heavy (non-hydrogen) atoms. The maximum Gasteiger partial charge on any atom is -0.00910 e. The van der Waals surface area contributed by atoms with Gasteiger partial charge in [0.1, 0.15) is 0 Å². The highest BCUT2D eigenvalue weighted by molar-refractivity contribution is 7.41. The van der Waals surface area contributed by atoms with Crippen molar-refractivity contribution < 1.29 is 0 Å². The van der Waals surface area contributed by atoms with Crippen LogP contribution in [-0.4, -0.2) is 10.8 Å². The van der Waals surface area contributed by atoms with Crippen molar-refractivity contribution in [2.45, 2.75) is 159 Å². The zero-order valence-electron chi connectivity index (χ0n) is 19.0. The topological polar surface area (TPSA) is 0 Å². The molecule has 2 bridgehead atoms. The highest BCUT2D eigenvalue weighted by atomic mass is 31.1. The van der Waals surface area contributed by atoms with E-state index in [1.165, 1.54) is 92.1 Å². The summed E-state index contributed by atoms with van der Waals surface area (Å²) in [6, 6.07) is 0. The van der Waals surface area contributed by atoms with Gasteiger partial charge in [0, 0.05) is 0 Å². The molecular weight excluding hydrogens is 343 g/mol. The van der Waals surface area contributed by atoms with Gasteiger partial charge in [-0.3, -0.25) is 0 Å². The van der Waals surface area contributed by atoms with Crippen LogP contribution in [0.15, 0.2) is 0 Å². The van der Waals surface area contributed by atoms with E-state index in [1.807, 2.05) is 0 Å². The third-order valence-corrected chi connectivity index (χ3v) is 10.2. The van der Waals surface area contributed by atoms with Gasteiger partial charge >= 0.3 is 0 Å². The number of hydrogen-bond donors (Lipinski definition) is 0. The summed E-state index contributed by atoms with van der Waals surface area (Å²) < 4.78 is 0. The summed E-state index contributed by atoms with van der Waals surface area (Å²) in [6.45, 7) is 4.66. The van der Waals surface area contributed by atoms with E-state index < -0.39 is 0 Å². The van der Waals surface area contributed by atoms with Gasteiger partial charge in [-0.05, 0) is 55.3 Å². The Labute approximate surface area is 174 Å². The SMILES string of the molecule is CCCCCCCCCC(CCCCCCCC)C12CCCCC(CC1)P2. The Balaban J connectivity index is 1.75. The minimum atomic E-state index is 0.812. The Morgan fingerprint density at radius 1 is 0.667 bits per heavy atom. The van der Waals surface area contributed by atoms with Crippen molar-refractivity contribution in [1.82, 2.24) is 0 Å². The van der Waals surface area contributed by atoms with Crippen molar-refractivity contribution in [2.75, 3.05) is 0 Å². The van der Waals surface area contributed by atoms with E-state index in [2.05, 4.69) is 13.8 Å². The number of rotatable bonds is 16. The second kappa shape index (κ2) is 14.4. The molecule has 0 radical (unpaired) electrons. The molecule has 2 aliphatic heterocycles. The molecule has 0 nitrogen and oxygen atoms in total. The Kier molecular flexibility index (Phi) is 12.7. The first-order valence-electron chi connectivity index (χ1n) is 13.1. The second-order valence-electron chi connectivity index (χ2n) is 9.95. The van der Waals surface area contributed by atoms with E-state index in [0.717, 1.165) is 16.7 Å². The van der Waals surface area contributed by atoms with Gasteiger partial charge in [0.15, 0.2) is 0 Å². The highest BCUT2D eigenvalue weighted by Crippen LogP contribution is 2.60. The van der Waals surface area contributed by atoms with Gasteiger partial charge in [0.05, 0.1) is 0 Å². The van der Waals surface area contributed by atoms with Gasteiger partial charge in [-0.1, -0.05) is 110 Å². The molecule has 0 aromatic carbocycles. The summed E-state index contributed by atoms with van der Waals surface area (Å²) in [7, 11) is 1.33. The second-order valence-corrected chi connectivity index (χ2v) is 12.0. The van der Waals surface area contributed by atoms with Crippen molar-refractivity contribution in [1.29, 1.82) is 0 Å². The van der Waals surface area contributed by atoms with E-state index in [0.29, 0.717) is 0 Å². The first-order valence-corrected chi connectivity index (χ1v) is 14.2. The average Bonchev–Trinajstić information content (AvgIpc) is 2.96. The van der Waals surface area contributed by atoms with Crippen LogP contribution in [0, 0.1) is 5.92 Å². The van der Waals surface area contributed by atoms with Crippen molar-refractivity contribution >= 4 is 8.58 Å². The van der Waals surface area contributed by atoms with E-state index in [1.54, 1.807) is 51.4 Å². The summed E-state index contributed by atoms with van der Waals surface area (Å²) in [6.07, 6.45) is 31.8. The lowest BCUT2D eigenvalue weighted by atomic mass is 9.76. The number of fused-ring (bicyclic) bond motifs is 2. The van der Waals surface area contributed by atoms with Crippen LogP contribution in [-0.2, 0) is 0 Å². The molecule has 0 aromatic rings. The molecule has 160 valence electrons. The Morgan fingerprint density at radius 2 is 1.22 bits per heavy atom. The van der Waals surface area contributed by atoms with Crippen molar-refractivity contribution in [3.8, 4) is 0 Å². The molecule has 0 aliphatic carbocycles. The molecule has 0 N–H and O–H groups in total. The molecule has 2 aliphatic rings. The Bertz CT molecular complexity index is 352. The number of hydrogen-bond acceptors (Lipinski definition) is 0. The van der Waals surface area contributed by atoms with E-state index >= 15 is 0 Å². The lowest BCUT2D eigenvalue weighted by Crippen LogP contribution is -2.31. The average molecular weight is 395 g/mol. The highest BCUT2D eigenvalue weighted by Gasteiger charge is 2.44. The third-order valence-electron chi connectivity index (χ3n) is 7.70. The summed E-state index contributed by atoms with van der Waals surface area (Å²) in [5.74, 6) is 1.08. The van der Waals surface area contributed by atoms with E-state index in [-0.39, 0.29) is 0 Å². The number of unbranched alkanes of at least 4 members (excludes halogenated alkanes) is 11. The molecule has 4 atom stereocenters. The van der Waals surface area contributed by atoms with Gasteiger partial charge in [-0.15, -0.1) is 8.58 Å². The fraction of sp³-hybridized carbons (Fsp3) is 1.00. The van der Waals surface area contributed by atoms with Crippen molar-refractivity contribution in [3.63, 3.8) is 0 Å². The quantitative estimate of drug-likeness (QED) is 0.180. The van der Waals surface area contributed by atoms with Crippen LogP contribution in [0.2, 0.25) is 0 Å². The van der Waals surface area contributed by atoms with Gasteiger partial charge < -0.3 is 0 Å². The van der Waals surface area contributed by atoms with Crippen LogP contribution >= 0.6 is 8.58 Å². The van der Waals surface area contributed by atoms with Crippen LogP contribution in [0.25, 0.3) is 0 Å². The fourth-order valence-electron chi connectivity index (χ4n) is 5.97. The summed E-state index contributed by atoms with van der Waals surface area (Å²) in [4.78, 5) is 0. The largest absolute Gasteiger partial charge is 0.112 e. The molecule has 2 heterocycles. The molecule has 2 saturated heterocycles. The van der Waals surface area contributed by atoms with Crippen LogP contribution in [0.1, 0.15) is 149 Å². The fourth-order valence-corrected chi connectivity index (χ4v) is 8.55. The summed E-state index contributed by atoms with van der Waals surface area (Å²) in [5.41, 5.74) is 1.13. The predicted octanol–water partition coefficient (Wildman–Crippen LogP) is 9.65. The van der Waals surface area contributed by atoms with Crippen LogP contribution in [0.5, 0.6) is 0 Å². The lowest BCUT2D eigenvalue weighted by Gasteiger charge is -2.38. The molecule has 0 amide bonds. The first-order chi connectivity index (χ1) is 13.3. The molecule has 0 aromatic heterocycles. The van der Waals surface area contributed by atoms with Gasteiger partial charge in [0.2, 0.25) is 0 Å². The zero-order chi connectivity index (χ0) is 19.2. The summed E-state index contributed by atoms with van der Waals surface area (Å²) >= 11 is 0. The Hall–Kier alpha value is 0.430. The summed E-state index contributed by atoms with van der Waals surface area (Å²) in [5, 5.41) is 0.812. The molecule has 0 saturated carbocycles. The zero-order valence-corrected chi connectivity index (χ0v) is 20.0. The van der Waals surface area contributed by atoms with Gasteiger partial charge in [-0.2, -0.15) is 0 Å².